The minimum atomic E-state index is -1.04. The zero-order valence-electron chi connectivity index (χ0n) is 5.23. The van der Waals surface area contributed by atoms with Gasteiger partial charge in [-0.2, -0.15) is 0 Å². The smallest absolute Gasteiger partial charge is 0.873 e. The quantitative estimate of drug-likeness (QED) is 0.0994. The van der Waals surface area contributed by atoms with Crippen molar-refractivity contribution in [3.05, 3.63) is 22.1 Å². The van der Waals surface area contributed by atoms with Gasteiger partial charge in [0.05, 0.1) is 4.92 Å². The van der Waals surface area contributed by atoms with Crippen molar-refractivity contribution in [3.8, 4) is 0 Å². The van der Waals surface area contributed by atoms with Crippen LogP contribution in [0.4, 0.5) is 0 Å². The summed E-state index contributed by atoms with van der Waals surface area (Å²) < 4.78 is 0. The second-order valence-corrected chi connectivity index (χ2v) is 0.918. The molecular formula is C3H4NNaO5. The molecule has 0 saturated carbocycles. The molecule has 0 bridgehead atoms. The van der Waals surface area contributed by atoms with Gasteiger partial charge in [0.25, 0.3) is 5.70 Å². The molecule has 0 aliphatic rings. The maximum absolute atomic E-state index is 9.47. The fourth-order valence-electron chi connectivity index (χ4n) is 0.114. The van der Waals surface area contributed by atoms with Crippen LogP contribution >= 0.6 is 0 Å². The van der Waals surface area contributed by atoms with Gasteiger partial charge < -0.3 is 10.6 Å². The van der Waals surface area contributed by atoms with Gasteiger partial charge in [-0.05, 0) is 0 Å². The molecular weight excluding hydrogens is 153 g/mol. The standard InChI is InChI=1S/C3H3NO4.Na.H2O/c5-1-3(2-6)4(7)8;;/h1-2,5H;;1H2/q;+1;/p-1. The van der Waals surface area contributed by atoms with Crippen LogP contribution < -0.4 is 34.7 Å². The van der Waals surface area contributed by atoms with Crippen molar-refractivity contribution in [3.63, 3.8) is 0 Å². The molecule has 0 rings (SSSR count). The fourth-order valence-corrected chi connectivity index (χ4v) is 0.114. The van der Waals surface area contributed by atoms with Crippen LogP contribution in [0.25, 0.3) is 0 Å². The number of hydrogen-bond acceptors (Lipinski definition) is 4. The molecule has 0 aromatic rings. The number of nitro groups is 1. The van der Waals surface area contributed by atoms with Crippen LogP contribution in [-0.2, 0) is 4.79 Å². The van der Waals surface area contributed by atoms with E-state index in [2.05, 4.69) is 0 Å². The Labute approximate surface area is 78.3 Å². The molecule has 52 valence electrons. The van der Waals surface area contributed by atoms with Gasteiger partial charge in [-0.1, -0.05) is 6.26 Å². The molecule has 6 nitrogen and oxygen atoms in total. The van der Waals surface area contributed by atoms with Gasteiger partial charge in [-0.25, -0.2) is 0 Å². The molecule has 0 aliphatic carbocycles. The molecule has 0 amide bonds. The minimum absolute atomic E-state index is 0. The number of nitrogens with zero attached hydrogens (tertiary/aromatic N) is 1. The molecule has 0 radical (unpaired) electrons. The summed E-state index contributed by atoms with van der Waals surface area (Å²) in [6, 6.07) is 0. The van der Waals surface area contributed by atoms with Gasteiger partial charge in [-0.3, -0.25) is 14.9 Å². The second kappa shape index (κ2) is 8.57. The normalized spacial score (nSPS) is 8.60. The Bertz CT molecular complexity index is 144. The van der Waals surface area contributed by atoms with Gasteiger partial charge in [0.15, 0.2) is 0 Å². The third-order valence-electron chi connectivity index (χ3n) is 0.452. The number of allylic oxidation sites excluding steroid dienone is 1. The van der Waals surface area contributed by atoms with E-state index >= 15 is 0 Å². The molecule has 0 aliphatic heterocycles. The summed E-state index contributed by atoms with van der Waals surface area (Å²) in [4.78, 5) is 17.9. The summed E-state index contributed by atoms with van der Waals surface area (Å²) >= 11 is 0. The molecule has 0 saturated heterocycles. The Morgan fingerprint density at radius 3 is 1.90 bits per heavy atom. The van der Waals surface area contributed by atoms with Crippen molar-refractivity contribution in [2.45, 2.75) is 0 Å². The Hall–Kier alpha value is -0.430. The van der Waals surface area contributed by atoms with E-state index in [1.807, 2.05) is 0 Å². The van der Waals surface area contributed by atoms with E-state index < -0.39 is 10.6 Å². The molecule has 0 heterocycles. The van der Waals surface area contributed by atoms with E-state index in [4.69, 9.17) is 0 Å². The SMILES string of the molecule is O.O=CC(=C[O-])[N+](=O)[O-].[Na+]. The first-order valence-electron chi connectivity index (χ1n) is 1.64. The Morgan fingerprint density at radius 1 is 1.50 bits per heavy atom. The summed E-state index contributed by atoms with van der Waals surface area (Å²) in [7, 11) is 0. The largest absolute Gasteiger partial charge is 1.00 e. The van der Waals surface area contributed by atoms with Crippen LogP contribution in [0.1, 0.15) is 0 Å². The zero-order chi connectivity index (χ0) is 6.57. The summed E-state index contributed by atoms with van der Waals surface area (Å²) in [5.74, 6) is 0. The number of rotatable bonds is 2. The van der Waals surface area contributed by atoms with Crippen molar-refractivity contribution >= 4 is 6.29 Å². The van der Waals surface area contributed by atoms with Gasteiger partial charge in [-0.15, -0.1) is 0 Å². The third-order valence-corrected chi connectivity index (χ3v) is 0.452. The predicted molar refractivity (Wildman–Crippen MR) is 24.8 cm³/mol. The van der Waals surface area contributed by atoms with E-state index in [0.29, 0.717) is 0 Å². The molecule has 0 fully saturated rings. The fraction of sp³-hybridized carbons (Fsp3) is 0. The van der Waals surface area contributed by atoms with Crippen molar-refractivity contribution in [2.24, 2.45) is 0 Å². The van der Waals surface area contributed by atoms with Crippen LogP contribution in [0.5, 0.6) is 0 Å². The average molecular weight is 157 g/mol. The van der Waals surface area contributed by atoms with Gasteiger partial charge in [0, 0.05) is 0 Å². The molecule has 10 heavy (non-hydrogen) atoms. The number of carbonyl (C=O) groups is 1. The molecule has 0 aromatic carbocycles. The second-order valence-electron chi connectivity index (χ2n) is 0.918. The van der Waals surface area contributed by atoms with Gasteiger partial charge in [0.2, 0.25) is 6.29 Å². The van der Waals surface area contributed by atoms with E-state index in [9.17, 15) is 20.0 Å². The third kappa shape index (κ3) is 5.70. The summed E-state index contributed by atoms with van der Waals surface area (Å²) in [5, 5.41) is 18.9. The molecule has 0 unspecified atom stereocenters. The summed E-state index contributed by atoms with van der Waals surface area (Å²) in [5.41, 5.74) is -0.954. The maximum Gasteiger partial charge on any atom is 1.00 e. The van der Waals surface area contributed by atoms with E-state index in [1.54, 1.807) is 0 Å². The Kier molecular flexibility index (Phi) is 14.0. The summed E-state index contributed by atoms with van der Waals surface area (Å²) in [6.07, 6.45) is -0.208. The van der Waals surface area contributed by atoms with Crippen molar-refractivity contribution < 1.29 is 49.9 Å². The van der Waals surface area contributed by atoms with E-state index in [1.165, 1.54) is 0 Å². The van der Waals surface area contributed by atoms with Gasteiger partial charge in [0.1, 0.15) is 0 Å². The number of aldehydes is 1. The number of hydrogen-bond donors (Lipinski definition) is 0. The molecule has 0 atom stereocenters. The predicted octanol–water partition coefficient (Wildman–Crippen LogP) is -5.16. The monoisotopic (exact) mass is 157 g/mol. The Balaban J connectivity index is -0.000000245. The first-order valence-corrected chi connectivity index (χ1v) is 1.64. The maximum atomic E-state index is 9.47. The molecule has 0 aromatic heterocycles. The average Bonchev–Trinajstić information content (AvgIpc) is 1.69. The molecule has 7 heteroatoms. The number of carbonyl (C=O) groups excluding carboxylic acids is 1. The van der Waals surface area contributed by atoms with E-state index in [0.717, 1.165) is 0 Å². The first kappa shape index (κ1) is 16.3. The van der Waals surface area contributed by atoms with Crippen molar-refractivity contribution in [2.75, 3.05) is 0 Å². The summed E-state index contributed by atoms with van der Waals surface area (Å²) in [6.45, 7) is 0. The molecule has 2 N–H and O–H groups in total. The Morgan fingerprint density at radius 2 is 1.90 bits per heavy atom. The van der Waals surface area contributed by atoms with Crippen molar-refractivity contribution in [1.82, 2.24) is 0 Å². The van der Waals surface area contributed by atoms with Crippen LogP contribution in [-0.4, -0.2) is 16.7 Å². The molecule has 0 spiro atoms. The zero-order valence-corrected chi connectivity index (χ0v) is 7.23. The van der Waals surface area contributed by atoms with Crippen LogP contribution in [0, 0.1) is 10.1 Å². The van der Waals surface area contributed by atoms with Crippen molar-refractivity contribution in [1.29, 1.82) is 0 Å². The van der Waals surface area contributed by atoms with Crippen LogP contribution in [0.2, 0.25) is 0 Å². The topological polar surface area (TPSA) is 115 Å². The van der Waals surface area contributed by atoms with Crippen LogP contribution in [0.15, 0.2) is 12.0 Å². The van der Waals surface area contributed by atoms with Gasteiger partial charge >= 0.3 is 29.6 Å². The van der Waals surface area contributed by atoms with Crippen LogP contribution in [0.3, 0.4) is 0 Å². The van der Waals surface area contributed by atoms with E-state index in [-0.39, 0.29) is 47.6 Å². The minimum Gasteiger partial charge on any atom is -0.873 e. The first-order chi connectivity index (χ1) is 3.72.